The van der Waals surface area contributed by atoms with Crippen LogP contribution in [0.15, 0.2) is 6.07 Å². The average Bonchev–Trinajstić information content (AvgIpc) is 2.17. The maximum atomic E-state index is 5.64. The van der Waals surface area contributed by atoms with Crippen LogP contribution in [0.25, 0.3) is 0 Å². The summed E-state index contributed by atoms with van der Waals surface area (Å²) in [5.41, 5.74) is 0. The van der Waals surface area contributed by atoms with Crippen molar-refractivity contribution in [2.24, 2.45) is 0 Å². The third-order valence-electron chi connectivity index (χ3n) is 2.07. The summed E-state index contributed by atoms with van der Waals surface area (Å²) in [7, 11) is 0. The lowest BCUT2D eigenvalue weighted by Crippen LogP contribution is -2.12. The normalized spacial score (nSPS) is 12.3. The van der Waals surface area contributed by atoms with Crippen LogP contribution in [0.4, 0.5) is 5.82 Å². The highest BCUT2D eigenvalue weighted by molar-refractivity contribution is 5.38. The fourth-order valence-electron chi connectivity index (χ4n) is 1.16. The van der Waals surface area contributed by atoms with Gasteiger partial charge in [-0.15, -0.1) is 0 Å². The summed E-state index contributed by atoms with van der Waals surface area (Å²) in [5.74, 6) is 2.20. The Morgan fingerprint density at radius 1 is 1.40 bits per heavy atom. The van der Waals surface area contributed by atoms with Crippen molar-refractivity contribution in [3.05, 3.63) is 11.9 Å². The Kier molecular flexibility index (Phi) is 4.34. The van der Waals surface area contributed by atoms with Crippen molar-refractivity contribution in [3.63, 3.8) is 0 Å². The molecule has 0 saturated heterocycles. The number of rotatable bonds is 5. The summed E-state index contributed by atoms with van der Waals surface area (Å²) in [6.45, 7) is 8.87. The molecule has 4 nitrogen and oxygen atoms in total. The van der Waals surface area contributed by atoms with Gasteiger partial charge in [0.05, 0.1) is 6.10 Å². The monoisotopic (exact) mass is 209 g/mol. The van der Waals surface area contributed by atoms with E-state index in [1.54, 1.807) is 0 Å². The topological polar surface area (TPSA) is 47.0 Å². The molecule has 1 N–H and O–H groups in total. The zero-order chi connectivity index (χ0) is 11.3. The van der Waals surface area contributed by atoms with E-state index in [1.807, 2.05) is 26.8 Å². The van der Waals surface area contributed by atoms with Crippen LogP contribution in [-0.2, 0) is 0 Å². The van der Waals surface area contributed by atoms with Gasteiger partial charge >= 0.3 is 0 Å². The SMILES string of the molecule is CCNc1cc(OC(C)CC)nc(C)n1. The van der Waals surface area contributed by atoms with Crippen LogP contribution in [0.1, 0.15) is 33.0 Å². The third kappa shape index (κ3) is 3.73. The molecule has 0 amide bonds. The van der Waals surface area contributed by atoms with E-state index in [1.165, 1.54) is 0 Å². The second-order valence-corrected chi connectivity index (χ2v) is 3.51. The van der Waals surface area contributed by atoms with Crippen LogP contribution < -0.4 is 10.1 Å². The largest absolute Gasteiger partial charge is 0.475 e. The van der Waals surface area contributed by atoms with Crippen LogP contribution >= 0.6 is 0 Å². The average molecular weight is 209 g/mol. The molecule has 4 heteroatoms. The van der Waals surface area contributed by atoms with Crippen LogP contribution in [0.5, 0.6) is 5.88 Å². The molecule has 1 unspecified atom stereocenters. The molecule has 0 spiro atoms. The van der Waals surface area contributed by atoms with E-state index in [0.29, 0.717) is 5.88 Å². The van der Waals surface area contributed by atoms with Crippen LogP contribution in [0.3, 0.4) is 0 Å². The Balaban J connectivity index is 2.78. The highest BCUT2D eigenvalue weighted by Crippen LogP contribution is 2.15. The van der Waals surface area contributed by atoms with Crippen molar-refractivity contribution in [2.45, 2.75) is 40.2 Å². The Bertz CT molecular complexity index is 315. The molecule has 1 rings (SSSR count). The number of anilines is 1. The van der Waals surface area contributed by atoms with Gasteiger partial charge in [0.1, 0.15) is 11.6 Å². The Labute approximate surface area is 91.1 Å². The molecule has 0 saturated carbocycles. The number of aromatic nitrogens is 2. The molecule has 0 aliphatic carbocycles. The van der Waals surface area contributed by atoms with Gasteiger partial charge in [0, 0.05) is 12.6 Å². The van der Waals surface area contributed by atoms with Crippen LogP contribution in [0, 0.1) is 6.92 Å². The smallest absolute Gasteiger partial charge is 0.218 e. The summed E-state index contributed by atoms with van der Waals surface area (Å²) in [6, 6.07) is 1.84. The van der Waals surface area contributed by atoms with Crippen LogP contribution in [-0.4, -0.2) is 22.6 Å². The molecule has 0 radical (unpaired) electrons. The molecular formula is C11H19N3O. The van der Waals surface area contributed by atoms with E-state index in [-0.39, 0.29) is 6.10 Å². The first-order valence-corrected chi connectivity index (χ1v) is 5.41. The van der Waals surface area contributed by atoms with Crippen molar-refractivity contribution in [2.75, 3.05) is 11.9 Å². The summed E-state index contributed by atoms with van der Waals surface area (Å²) < 4.78 is 5.64. The first-order chi connectivity index (χ1) is 7.15. The summed E-state index contributed by atoms with van der Waals surface area (Å²) in [4.78, 5) is 8.49. The minimum atomic E-state index is 0.189. The third-order valence-corrected chi connectivity index (χ3v) is 2.07. The first-order valence-electron chi connectivity index (χ1n) is 5.41. The Morgan fingerprint density at radius 3 is 2.73 bits per heavy atom. The zero-order valence-electron chi connectivity index (χ0n) is 9.87. The molecule has 0 bridgehead atoms. The minimum Gasteiger partial charge on any atom is -0.475 e. The predicted molar refractivity (Wildman–Crippen MR) is 61.3 cm³/mol. The molecule has 84 valence electrons. The molecule has 1 aromatic heterocycles. The summed E-state index contributed by atoms with van der Waals surface area (Å²) in [6.07, 6.45) is 1.16. The van der Waals surface area contributed by atoms with Crippen molar-refractivity contribution in [1.29, 1.82) is 0 Å². The van der Waals surface area contributed by atoms with E-state index >= 15 is 0 Å². The van der Waals surface area contributed by atoms with E-state index in [9.17, 15) is 0 Å². The molecule has 0 fully saturated rings. The highest BCUT2D eigenvalue weighted by Gasteiger charge is 2.05. The molecule has 1 aromatic rings. The second kappa shape index (κ2) is 5.53. The van der Waals surface area contributed by atoms with Gasteiger partial charge in [-0.05, 0) is 27.2 Å². The van der Waals surface area contributed by atoms with Gasteiger partial charge in [0.15, 0.2) is 0 Å². The lowest BCUT2D eigenvalue weighted by atomic mass is 10.3. The summed E-state index contributed by atoms with van der Waals surface area (Å²) >= 11 is 0. The van der Waals surface area contributed by atoms with E-state index in [2.05, 4.69) is 22.2 Å². The second-order valence-electron chi connectivity index (χ2n) is 3.51. The van der Waals surface area contributed by atoms with E-state index < -0.39 is 0 Å². The van der Waals surface area contributed by atoms with E-state index in [0.717, 1.165) is 24.6 Å². The van der Waals surface area contributed by atoms with E-state index in [4.69, 9.17) is 4.74 Å². The lowest BCUT2D eigenvalue weighted by molar-refractivity contribution is 0.208. The predicted octanol–water partition coefficient (Wildman–Crippen LogP) is 2.39. The Morgan fingerprint density at radius 2 is 2.13 bits per heavy atom. The quantitative estimate of drug-likeness (QED) is 0.809. The Hall–Kier alpha value is -1.32. The standard InChI is InChI=1S/C11H19N3O/c1-5-8(3)15-11-7-10(12-6-2)13-9(4)14-11/h7-8H,5-6H2,1-4H3,(H,12,13,14). The molecule has 0 aromatic carbocycles. The maximum absolute atomic E-state index is 5.64. The highest BCUT2D eigenvalue weighted by atomic mass is 16.5. The number of hydrogen-bond donors (Lipinski definition) is 1. The van der Waals surface area contributed by atoms with Crippen molar-refractivity contribution in [1.82, 2.24) is 9.97 Å². The number of aryl methyl sites for hydroxylation is 1. The van der Waals surface area contributed by atoms with Gasteiger partial charge in [0.25, 0.3) is 0 Å². The fraction of sp³-hybridized carbons (Fsp3) is 0.636. The maximum Gasteiger partial charge on any atom is 0.218 e. The number of nitrogens with zero attached hydrogens (tertiary/aromatic N) is 2. The molecule has 0 aliphatic heterocycles. The lowest BCUT2D eigenvalue weighted by Gasteiger charge is -2.12. The summed E-state index contributed by atoms with van der Waals surface area (Å²) in [5, 5.41) is 3.15. The molecule has 15 heavy (non-hydrogen) atoms. The molecular weight excluding hydrogens is 190 g/mol. The fourth-order valence-corrected chi connectivity index (χ4v) is 1.16. The van der Waals surface area contributed by atoms with Crippen molar-refractivity contribution < 1.29 is 4.74 Å². The number of hydrogen-bond acceptors (Lipinski definition) is 4. The van der Waals surface area contributed by atoms with Crippen molar-refractivity contribution in [3.8, 4) is 5.88 Å². The minimum absolute atomic E-state index is 0.189. The van der Waals surface area contributed by atoms with Gasteiger partial charge in [0.2, 0.25) is 5.88 Å². The first kappa shape index (κ1) is 11.8. The molecule has 1 atom stereocenters. The van der Waals surface area contributed by atoms with Gasteiger partial charge in [-0.1, -0.05) is 6.92 Å². The van der Waals surface area contributed by atoms with Gasteiger partial charge in [-0.3, -0.25) is 0 Å². The van der Waals surface area contributed by atoms with Crippen LogP contribution in [0.2, 0.25) is 0 Å². The molecule has 0 aliphatic rings. The zero-order valence-corrected chi connectivity index (χ0v) is 9.87. The number of nitrogens with one attached hydrogen (secondary N) is 1. The van der Waals surface area contributed by atoms with Gasteiger partial charge in [-0.25, -0.2) is 4.98 Å². The molecule has 1 heterocycles. The number of ether oxygens (including phenoxy) is 1. The van der Waals surface area contributed by atoms with Crippen molar-refractivity contribution >= 4 is 5.82 Å². The van der Waals surface area contributed by atoms with Gasteiger partial charge in [-0.2, -0.15) is 4.98 Å². The van der Waals surface area contributed by atoms with Gasteiger partial charge < -0.3 is 10.1 Å².